The fourth-order valence-corrected chi connectivity index (χ4v) is 3.35. The van der Waals surface area contributed by atoms with Crippen molar-refractivity contribution in [2.45, 2.75) is 12.7 Å². The molecular formula is C27H21F3N2O5. The van der Waals surface area contributed by atoms with Crippen LogP contribution < -0.4 is 15.4 Å². The van der Waals surface area contributed by atoms with Crippen LogP contribution in [0, 0.1) is 0 Å². The van der Waals surface area contributed by atoms with Crippen LogP contribution in [0.4, 0.5) is 13.2 Å². The third-order valence-corrected chi connectivity index (χ3v) is 5.24. The number of amides is 2. The molecule has 0 unspecified atom stereocenters. The molecule has 2 heterocycles. The zero-order valence-corrected chi connectivity index (χ0v) is 19.5. The number of halogens is 3. The summed E-state index contributed by atoms with van der Waals surface area (Å²) in [5.74, 6) is 0.169. The maximum atomic E-state index is 13.1. The summed E-state index contributed by atoms with van der Waals surface area (Å²) in [5, 5.41) is 5.20. The van der Waals surface area contributed by atoms with Crippen LogP contribution >= 0.6 is 0 Å². The average molecular weight is 510 g/mol. The number of carbonyl (C=O) groups is 2. The lowest BCUT2D eigenvalue weighted by Gasteiger charge is -2.10. The van der Waals surface area contributed by atoms with Gasteiger partial charge >= 0.3 is 6.18 Å². The summed E-state index contributed by atoms with van der Waals surface area (Å²) in [6.07, 6.45) is -1.76. The first-order valence-electron chi connectivity index (χ1n) is 11.0. The van der Waals surface area contributed by atoms with E-state index in [0.717, 1.165) is 12.1 Å². The minimum absolute atomic E-state index is 0.0647. The maximum Gasteiger partial charge on any atom is 0.416 e. The zero-order valence-electron chi connectivity index (χ0n) is 19.5. The summed E-state index contributed by atoms with van der Waals surface area (Å²) in [6, 6.07) is 17.2. The van der Waals surface area contributed by atoms with Gasteiger partial charge in [-0.2, -0.15) is 13.2 Å². The van der Waals surface area contributed by atoms with Crippen LogP contribution in [-0.2, 0) is 17.5 Å². The van der Waals surface area contributed by atoms with E-state index in [2.05, 4.69) is 10.6 Å². The molecule has 0 aliphatic heterocycles. The Morgan fingerprint density at radius 2 is 1.78 bits per heavy atom. The van der Waals surface area contributed by atoms with Crippen molar-refractivity contribution in [1.82, 2.24) is 10.6 Å². The highest BCUT2D eigenvalue weighted by molar-refractivity contribution is 6.05. The Bertz CT molecular complexity index is 1400. The molecule has 0 atom stereocenters. The topological polar surface area (TPSA) is 93.7 Å². The van der Waals surface area contributed by atoms with E-state index in [1.807, 2.05) is 0 Å². The largest absolute Gasteiger partial charge is 0.497 e. The molecule has 0 saturated carbocycles. The first-order chi connectivity index (χ1) is 17.7. The van der Waals surface area contributed by atoms with E-state index < -0.39 is 23.6 Å². The van der Waals surface area contributed by atoms with Gasteiger partial charge in [0.15, 0.2) is 0 Å². The van der Waals surface area contributed by atoms with Crippen molar-refractivity contribution in [1.29, 1.82) is 0 Å². The van der Waals surface area contributed by atoms with E-state index in [0.29, 0.717) is 11.5 Å². The van der Waals surface area contributed by atoms with Crippen LogP contribution in [0.1, 0.15) is 27.4 Å². The smallest absolute Gasteiger partial charge is 0.416 e. The second kappa shape index (κ2) is 10.9. The second-order valence-electron chi connectivity index (χ2n) is 7.78. The van der Waals surface area contributed by atoms with Crippen LogP contribution in [0.2, 0.25) is 0 Å². The predicted molar refractivity (Wildman–Crippen MR) is 128 cm³/mol. The SMILES string of the molecule is COc1ccc(C(=O)NC(=Cc2ccc(-c3cccc(C(F)(F)F)c3)o2)C(=O)NCc2ccco2)cc1. The number of rotatable bonds is 8. The molecule has 2 amide bonds. The van der Waals surface area contributed by atoms with Crippen molar-refractivity contribution >= 4 is 17.9 Å². The van der Waals surface area contributed by atoms with Gasteiger partial charge < -0.3 is 24.2 Å². The van der Waals surface area contributed by atoms with Crippen LogP contribution in [0.5, 0.6) is 5.75 Å². The molecule has 0 fully saturated rings. The summed E-state index contributed by atoms with van der Waals surface area (Å²) in [5.41, 5.74) is -0.476. The lowest BCUT2D eigenvalue weighted by Crippen LogP contribution is -2.34. The number of carbonyl (C=O) groups excluding carboxylic acids is 2. The van der Waals surface area contributed by atoms with Crippen LogP contribution in [-0.4, -0.2) is 18.9 Å². The molecule has 0 aliphatic carbocycles. The van der Waals surface area contributed by atoms with Crippen molar-refractivity contribution in [2.75, 3.05) is 7.11 Å². The molecule has 0 aliphatic rings. The number of ether oxygens (including phenoxy) is 1. The second-order valence-corrected chi connectivity index (χ2v) is 7.78. The fourth-order valence-electron chi connectivity index (χ4n) is 3.35. The Kier molecular flexibility index (Phi) is 7.47. The highest BCUT2D eigenvalue weighted by Gasteiger charge is 2.30. The Balaban J connectivity index is 1.59. The van der Waals surface area contributed by atoms with Crippen molar-refractivity contribution in [2.24, 2.45) is 0 Å². The zero-order chi connectivity index (χ0) is 26.4. The molecule has 2 aromatic carbocycles. The van der Waals surface area contributed by atoms with E-state index in [9.17, 15) is 22.8 Å². The predicted octanol–water partition coefficient (Wildman–Crippen LogP) is 5.65. The summed E-state index contributed by atoms with van der Waals surface area (Å²) < 4.78 is 55.2. The van der Waals surface area contributed by atoms with Gasteiger partial charge in [-0.05, 0) is 60.7 Å². The number of methoxy groups -OCH3 is 1. The lowest BCUT2D eigenvalue weighted by atomic mass is 10.1. The lowest BCUT2D eigenvalue weighted by molar-refractivity contribution is -0.137. The highest BCUT2D eigenvalue weighted by atomic mass is 19.4. The Labute approximate surface area is 209 Å². The molecule has 2 aromatic heterocycles. The van der Waals surface area contributed by atoms with Crippen molar-refractivity contribution in [3.05, 3.63) is 107 Å². The third-order valence-electron chi connectivity index (χ3n) is 5.24. The van der Waals surface area contributed by atoms with Gasteiger partial charge in [0.2, 0.25) is 0 Å². The maximum absolute atomic E-state index is 13.1. The Morgan fingerprint density at radius 3 is 2.46 bits per heavy atom. The molecule has 0 spiro atoms. The van der Waals surface area contributed by atoms with Gasteiger partial charge in [-0.3, -0.25) is 9.59 Å². The van der Waals surface area contributed by atoms with Crippen molar-refractivity contribution < 1.29 is 36.3 Å². The summed E-state index contributed by atoms with van der Waals surface area (Å²) in [4.78, 5) is 25.7. The van der Waals surface area contributed by atoms with E-state index in [1.54, 1.807) is 24.3 Å². The van der Waals surface area contributed by atoms with Gasteiger partial charge in [0.25, 0.3) is 11.8 Å². The van der Waals surface area contributed by atoms with E-state index in [4.69, 9.17) is 13.6 Å². The molecular weight excluding hydrogens is 489 g/mol. The number of furan rings is 2. The number of benzene rings is 2. The van der Waals surface area contributed by atoms with Gasteiger partial charge in [-0.25, -0.2) is 0 Å². The molecule has 7 nitrogen and oxygen atoms in total. The summed E-state index contributed by atoms with van der Waals surface area (Å²) >= 11 is 0. The molecule has 10 heteroatoms. The quantitative estimate of drug-likeness (QED) is 0.299. The minimum Gasteiger partial charge on any atom is -0.497 e. The van der Waals surface area contributed by atoms with Crippen LogP contribution in [0.3, 0.4) is 0 Å². The van der Waals surface area contributed by atoms with Crippen molar-refractivity contribution in [3.8, 4) is 17.1 Å². The third kappa shape index (κ3) is 6.49. The van der Waals surface area contributed by atoms with Gasteiger partial charge in [-0.1, -0.05) is 12.1 Å². The van der Waals surface area contributed by atoms with Gasteiger partial charge in [0, 0.05) is 17.2 Å². The Hall–Kier alpha value is -4.73. The van der Waals surface area contributed by atoms with E-state index in [1.165, 1.54) is 55.8 Å². The van der Waals surface area contributed by atoms with E-state index >= 15 is 0 Å². The number of nitrogens with one attached hydrogen (secondary N) is 2. The molecule has 4 rings (SSSR count). The summed E-state index contributed by atoms with van der Waals surface area (Å²) in [7, 11) is 1.50. The molecule has 37 heavy (non-hydrogen) atoms. The molecule has 0 saturated heterocycles. The molecule has 0 radical (unpaired) electrons. The monoisotopic (exact) mass is 510 g/mol. The van der Waals surface area contributed by atoms with Crippen LogP contribution in [0.15, 0.2) is 93.6 Å². The van der Waals surface area contributed by atoms with Crippen LogP contribution in [0.25, 0.3) is 17.4 Å². The number of hydrogen-bond donors (Lipinski definition) is 2. The number of alkyl halides is 3. The Morgan fingerprint density at radius 1 is 1.00 bits per heavy atom. The van der Waals surface area contributed by atoms with Crippen molar-refractivity contribution in [3.63, 3.8) is 0 Å². The normalized spacial score (nSPS) is 11.7. The van der Waals surface area contributed by atoms with Gasteiger partial charge in [0.05, 0.1) is 25.5 Å². The molecule has 2 N–H and O–H groups in total. The average Bonchev–Trinajstić information content (AvgIpc) is 3.59. The minimum atomic E-state index is -4.50. The molecule has 190 valence electrons. The first-order valence-corrected chi connectivity index (χ1v) is 11.0. The number of hydrogen-bond acceptors (Lipinski definition) is 5. The van der Waals surface area contributed by atoms with Gasteiger partial charge in [-0.15, -0.1) is 0 Å². The summed E-state index contributed by atoms with van der Waals surface area (Å²) in [6.45, 7) is 0.0647. The molecule has 4 aromatic rings. The van der Waals surface area contributed by atoms with Gasteiger partial charge in [0.1, 0.15) is 28.7 Å². The molecule has 0 bridgehead atoms. The first kappa shape index (κ1) is 25.4. The standard InChI is InChI=1S/C27H21F3N2O5/c1-35-20-9-7-17(8-10-20)25(33)32-23(26(34)31-16-22-6-3-13-36-22)15-21-11-12-24(37-21)18-4-2-5-19(14-18)27(28,29)30/h2-15H,16H2,1H3,(H,31,34)(H,32,33). The highest BCUT2D eigenvalue weighted by Crippen LogP contribution is 2.32. The fraction of sp³-hybridized carbons (Fsp3) is 0.111. The van der Waals surface area contributed by atoms with E-state index in [-0.39, 0.29) is 34.9 Å².